The number of nitro groups is 1. The highest BCUT2D eigenvalue weighted by Crippen LogP contribution is 2.34. The van der Waals surface area contributed by atoms with Gasteiger partial charge in [-0.3, -0.25) is 14.9 Å². The van der Waals surface area contributed by atoms with Gasteiger partial charge in [-0.1, -0.05) is 77.8 Å². The van der Waals surface area contributed by atoms with Crippen LogP contribution in [0.15, 0.2) is 101 Å². The van der Waals surface area contributed by atoms with E-state index >= 15 is 0 Å². The van der Waals surface area contributed by atoms with E-state index in [4.69, 9.17) is 27.9 Å². The number of para-hydroxylation sites is 1. The molecule has 0 aliphatic carbocycles. The third kappa shape index (κ3) is 5.27. The number of nitrogens with zero attached hydrogens (tertiary/aromatic N) is 4. The van der Waals surface area contributed by atoms with Crippen molar-refractivity contribution in [3.8, 4) is 17.1 Å². The summed E-state index contributed by atoms with van der Waals surface area (Å²) in [6, 6.07) is 25.7. The van der Waals surface area contributed by atoms with Crippen molar-refractivity contribution in [2.45, 2.75) is 6.61 Å². The highest BCUT2D eigenvalue weighted by Gasteiger charge is 2.14. The Morgan fingerprint density at radius 3 is 2.39 bits per heavy atom. The van der Waals surface area contributed by atoms with Crippen LogP contribution in [-0.4, -0.2) is 20.8 Å². The summed E-state index contributed by atoms with van der Waals surface area (Å²) >= 11 is 12.9. The Kier molecular flexibility index (Phi) is 7.17. The van der Waals surface area contributed by atoms with E-state index in [-0.39, 0.29) is 33.6 Å². The van der Waals surface area contributed by atoms with E-state index in [9.17, 15) is 14.9 Å². The topological polar surface area (TPSA) is 99.6 Å². The average Bonchev–Trinajstić information content (AvgIpc) is 2.92. The molecule has 0 fully saturated rings. The number of rotatable bonds is 7. The summed E-state index contributed by atoms with van der Waals surface area (Å²) in [6.45, 7) is 0.0349. The second-order valence-corrected chi connectivity index (χ2v) is 9.02. The molecule has 0 N–H and O–H groups in total. The first-order valence-electron chi connectivity index (χ1n) is 11.4. The molecule has 10 heteroatoms. The number of nitro benzene ring substituents is 1. The van der Waals surface area contributed by atoms with Gasteiger partial charge in [-0.25, -0.2) is 4.98 Å². The number of halogens is 2. The van der Waals surface area contributed by atoms with Gasteiger partial charge in [0.25, 0.3) is 11.2 Å². The molecule has 0 bridgehead atoms. The van der Waals surface area contributed by atoms with Crippen molar-refractivity contribution in [3.63, 3.8) is 0 Å². The number of non-ortho nitro benzene ring substituents is 1. The van der Waals surface area contributed by atoms with E-state index in [1.807, 2.05) is 36.4 Å². The van der Waals surface area contributed by atoms with Gasteiger partial charge in [-0.15, -0.1) is 0 Å². The second kappa shape index (κ2) is 10.8. The Morgan fingerprint density at radius 2 is 1.66 bits per heavy atom. The van der Waals surface area contributed by atoms with Crippen LogP contribution in [0.2, 0.25) is 10.0 Å². The first-order valence-corrected chi connectivity index (χ1v) is 12.1. The molecule has 0 saturated heterocycles. The lowest BCUT2D eigenvalue weighted by molar-refractivity contribution is -0.384. The number of benzene rings is 4. The van der Waals surface area contributed by atoms with E-state index in [1.54, 1.807) is 42.5 Å². The normalized spacial score (nSPS) is 11.2. The summed E-state index contributed by atoms with van der Waals surface area (Å²) in [4.78, 5) is 28.5. The van der Waals surface area contributed by atoms with Crippen LogP contribution in [-0.2, 0) is 6.61 Å². The molecular weight excluding hydrogens is 527 g/mol. The molecule has 0 amide bonds. The molecule has 0 atom stereocenters. The van der Waals surface area contributed by atoms with Crippen molar-refractivity contribution < 1.29 is 9.66 Å². The molecule has 38 heavy (non-hydrogen) atoms. The van der Waals surface area contributed by atoms with E-state index in [2.05, 4.69) is 10.1 Å². The molecule has 8 nitrogen and oxygen atoms in total. The first kappa shape index (κ1) is 25.1. The maximum absolute atomic E-state index is 13.3. The van der Waals surface area contributed by atoms with Crippen LogP contribution in [0.4, 0.5) is 5.69 Å². The number of aromatic nitrogens is 2. The van der Waals surface area contributed by atoms with Crippen molar-refractivity contribution in [1.82, 2.24) is 9.66 Å². The predicted molar refractivity (Wildman–Crippen MR) is 148 cm³/mol. The van der Waals surface area contributed by atoms with Crippen LogP contribution >= 0.6 is 23.2 Å². The zero-order chi connectivity index (χ0) is 26.6. The standard InChI is InChI=1S/C28H18Cl2N4O4/c29-23-14-19(15-24(30)26(23)38-17-18-7-6-10-21(13-18)34(36)37)16-31-33-27(20-8-2-1-3-9-20)32-25-12-5-4-11-22(25)28(33)35/h1-16H,17H2. The molecule has 188 valence electrons. The van der Waals surface area contributed by atoms with Crippen LogP contribution in [0.1, 0.15) is 11.1 Å². The molecule has 5 rings (SSSR count). The molecule has 0 radical (unpaired) electrons. The molecule has 4 aromatic carbocycles. The SMILES string of the molecule is O=c1c2ccccc2nc(-c2ccccc2)n1N=Cc1cc(Cl)c(OCc2cccc([N+](=O)[O-])c2)c(Cl)c1. The molecule has 1 heterocycles. The zero-order valence-corrected chi connectivity index (χ0v) is 21.1. The Bertz CT molecular complexity index is 1730. The van der Waals surface area contributed by atoms with Crippen LogP contribution in [0.3, 0.4) is 0 Å². The highest BCUT2D eigenvalue weighted by atomic mass is 35.5. The van der Waals surface area contributed by atoms with Gasteiger partial charge < -0.3 is 4.74 Å². The fraction of sp³-hybridized carbons (Fsp3) is 0.0357. The highest BCUT2D eigenvalue weighted by molar-refractivity contribution is 6.37. The molecule has 5 aromatic rings. The Balaban J connectivity index is 1.46. The van der Waals surface area contributed by atoms with Gasteiger partial charge in [0.15, 0.2) is 11.6 Å². The Morgan fingerprint density at radius 1 is 0.947 bits per heavy atom. The number of hydrogen-bond donors (Lipinski definition) is 0. The van der Waals surface area contributed by atoms with Gasteiger partial charge in [0.05, 0.1) is 32.1 Å². The van der Waals surface area contributed by atoms with Crippen LogP contribution in [0.5, 0.6) is 5.75 Å². The van der Waals surface area contributed by atoms with E-state index in [0.717, 1.165) is 5.56 Å². The molecule has 0 aliphatic rings. The zero-order valence-electron chi connectivity index (χ0n) is 19.6. The quantitative estimate of drug-likeness (QED) is 0.128. The van der Waals surface area contributed by atoms with Crippen molar-refractivity contribution in [1.29, 1.82) is 0 Å². The lowest BCUT2D eigenvalue weighted by Crippen LogP contribution is -2.20. The van der Waals surface area contributed by atoms with E-state index in [1.165, 1.54) is 23.0 Å². The fourth-order valence-electron chi connectivity index (χ4n) is 3.84. The Labute approximate surface area is 226 Å². The summed E-state index contributed by atoms with van der Waals surface area (Å²) in [5, 5.41) is 16.3. The van der Waals surface area contributed by atoms with Gasteiger partial charge in [0.2, 0.25) is 0 Å². The number of hydrogen-bond acceptors (Lipinski definition) is 6. The maximum Gasteiger partial charge on any atom is 0.282 e. The lowest BCUT2D eigenvalue weighted by Gasteiger charge is -2.11. The van der Waals surface area contributed by atoms with Crippen LogP contribution in [0.25, 0.3) is 22.3 Å². The number of ether oxygens (including phenoxy) is 1. The van der Waals surface area contributed by atoms with Gasteiger partial charge in [-0.05, 0) is 35.4 Å². The average molecular weight is 545 g/mol. The van der Waals surface area contributed by atoms with E-state index in [0.29, 0.717) is 27.9 Å². The third-order valence-corrected chi connectivity index (χ3v) is 6.19. The summed E-state index contributed by atoms with van der Waals surface area (Å²) in [7, 11) is 0. The van der Waals surface area contributed by atoms with Gasteiger partial charge in [0, 0.05) is 17.7 Å². The fourth-order valence-corrected chi connectivity index (χ4v) is 4.45. The first-order chi connectivity index (χ1) is 18.4. The van der Waals surface area contributed by atoms with E-state index < -0.39 is 4.92 Å². The molecular formula is C28H18Cl2N4O4. The van der Waals surface area contributed by atoms with Crippen molar-refractivity contribution >= 4 is 46.0 Å². The monoisotopic (exact) mass is 544 g/mol. The summed E-state index contributed by atoms with van der Waals surface area (Å²) in [6.07, 6.45) is 1.46. The smallest absolute Gasteiger partial charge is 0.282 e. The molecule has 1 aromatic heterocycles. The molecule has 0 saturated carbocycles. The predicted octanol–water partition coefficient (Wildman–Crippen LogP) is 6.74. The molecule has 0 aliphatic heterocycles. The third-order valence-electron chi connectivity index (χ3n) is 5.63. The second-order valence-electron chi connectivity index (χ2n) is 8.21. The van der Waals surface area contributed by atoms with Crippen molar-refractivity contribution in [3.05, 3.63) is 133 Å². The van der Waals surface area contributed by atoms with Gasteiger partial charge in [0.1, 0.15) is 6.61 Å². The van der Waals surface area contributed by atoms with Crippen LogP contribution in [0, 0.1) is 10.1 Å². The number of fused-ring (bicyclic) bond motifs is 1. The minimum atomic E-state index is -0.475. The van der Waals surface area contributed by atoms with Gasteiger partial charge >= 0.3 is 0 Å². The summed E-state index contributed by atoms with van der Waals surface area (Å²) in [5.41, 5.74) is 2.06. The molecule has 0 spiro atoms. The summed E-state index contributed by atoms with van der Waals surface area (Å²) in [5.74, 6) is 0.617. The minimum Gasteiger partial charge on any atom is -0.486 e. The van der Waals surface area contributed by atoms with Crippen molar-refractivity contribution in [2.24, 2.45) is 5.10 Å². The van der Waals surface area contributed by atoms with Gasteiger partial charge in [-0.2, -0.15) is 9.78 Å². The maximum atomic E-state index is 13.3. The minimum absolute atomic E-state index is 0.0349. The largest absolute Gasteiger partial charge is 0.486 e. The van der Waals surface area contributed by atoms with Crippen molar-refractivity contribution in [2.75, 3.05) is 0 Å². The molecule has 0 unspecified atom stereocenters. The lowest BCUT2D eigenvalue weighted by atomic mass is 10.2. The Hall–Kier alpha value is -4.53. The summed E-state index contributed by atoms with van der Waals surface area (Å²) < 4.78 is 7.00. The van der Waals surface area contributed by atoms with Crippen LogP contribution < -0.4 is 10.3 Å².